The number of esters is 1. The third kappa shape index (κ3) is 9.83. The standard InChI is InChI=1S/C16H28O2S/c1-13(10-11-16(3,4)19-6)8-7-9-14(2)12-15(17)18-5/h7,9,12-13H,8,10-11H2,1-6H3. The lowest BCUT2D eigenvalue weighted by Crippen LogP contribution is -2.15. The van der Waals surface area contributed by atoms with Crippen LogP contribution in [0.4, 0.5) is 0 Å². The van der Waals surface area contributed by atoms with Gasteiger partial charge in [0.15, 0.2) is 0 Å². The molecule has 2 nitrogen and oxygen atoms in total. The summed E-state index contributed by atoms with van der Waals surface area (Å²) in [5, 5.41) is 0. The smallest absolute Gasteiger partial charge is 0.330 e. The first-order chi connectivity index (χ1) is 8.80. The summed E-state index contributed by atoms with van der Waals surface area (Å²) in [6.45, 7) is 8.78. The van der Waals surface area contributed by atoms with E-state index >= 15 is 0 Å². The minimum atomic E-state index is -0.295. The Morgan fingerprint density at radius 2 is 2.05 bits per heavy atom. The van der Waals surface area contributed by atoms with Crippen LogP contribution in [-0.2, 0) is 9.53 Å². The molecular formula is C16H28O2S. The van der Waals surface area contributed by atoms with Crippen LogP contribution in [0.5, 0.6) is 0 Å². The molecule has 0 aromatic rings. The van der Waals surface area contributed by atoms with E-state index in [1.54, 1.807) is 0 Å². The molecule has 0 aromatic carbocycles. The minimum Gasteiger partial charge on any atom is -0.466 e. The van der Waals surface area contributed by atoms with Gasteiger partial charge in [0.25, 0.3) is 0 Å². The Morgan fingerprint density at radius 1 is 1.42 bits per heavy atom. The molecule has 0 aliphatic heterocycles. The van der Waals surface area contributed by atoms with E-state index in [1.165, 1.54) is 26.0 Å². The average molecular weight is 284 g/mol. The fourth-order valence-electron chi connectivity index (χ4n) is 1.59. The van der Waals surface area contributed by atoms with Crippen LogP contribution >= 0.6 is 11.8 Å². The van der Waals surface area contributed by atoms with Crippen molar-refractivity contribution < 1.29 is 9.53 Å². The number of allylic oxidation sites excluding steroid dienone is 3. The van der Waals surface area contributed by atoms with E-state index in [-0.39, 0.29) is 5.97 Å². The maximum Gasteiger partial charge on any atom is 0.330 e. The second-order valence-electron chi connectivity index (χ2n) is 5.66. The zero-order chi connectivity index (χ0) is 14.9. The minimum absolute atomic E-state index is 0.295. The van der Waals surface area contributed by atoms with Crippen LogP contribution in [-0.4, -0.2) is 24.1 Å². The lowest BCUT2D eigenvalue weighted by Gasteiger charge is -2.23. The van der Waals surface area contributed by atoms with Gasteiger partial charge in [-0.05, 0) is 43.9 Å². The summed E-state index contributed by atoms with van der Waals surface area (Å²) in [5.41, 5.74) is 0.934. The Kier molecular flexibility index (Phi) is 8.90. The topological polar surface area (TPSA) is 26.3 Å². The van der Waals surface area contributed by atoms with Crippen molar-refractivity contribution in [2.24, 2.45) is 5.92 Å². The van der Waals surface area contributed by atoms with Gasteiger partial charge in [-0.2, -0.15) is 11.8 Å². The Morgan fingerprint density at radius 3 is 2.58 bits per heavy atom. The number of hydrogen-bond acceptors (Lipinski definition) is 3. The summed E-state index contributed by atoms with van der Waals surface area (Å²) in [6.07, 6.45) is 11.3. The largest absolute Gasteiger partial charge is 0.466 e. The van der Waals surface area contributed by atoms with Crippen LogP contribution in [0.2, 0.25) is 0 Å². The summed E-state index contributed by atoms with van der Waals surface area (Å²) in [7, 11) is 1.39. The van der Waals surface area contributed by atoms with Crippen molar-refractivity contribution >= 4 is 17.7 Å². The van der Waals surface area contributed by atoms with Crippen LogP contribution in [0.25, 0.3) is 0 Å². The maximum atomic E-state index is 11.0. The summed E-state index contributed by atoms with van der Waals surface area (Å²) in [5.74, 6) is 0.380. The Balaban J connectivity index is 4.06. The molecule has 0 bridgehead atoms. The zero-order valence-electron chi connectivity index (χ0n) is 13.2. The van der Waals surface area contributed by atoms with Crippen molar-refractivity contribution in [2.45, 2.75) is 51.7 Å². The van der Waals surface area contributed by atoms with Gasteiger partial charge in [0.05, 0.1) is 7.11 Å². The Bertz CT molecular complexity index is 330. The molecule has 0 radical (unpaired) electrons. The third-order valence-electron chi connectivity index (χ3n) is 3.26. The van der Waals surface area contributed by atoms with Crippen molar-refractivity contribution in [3.63, 3.8) is 0 Å². The summed E-state index contributed by atoms with van der Waals surface area (Å²) in [4.78, 5) is 11.0. The summed E-state index contributed by atoms with van der Waals surface area (Å²) >= 11 is 1.93. The number of hydrogen-bond donors (Lipinski definition) is 0. The zero-order valence-corrected chi connectivity index (χ0v) is 14.0. The van der Waals surface area contributed by atoms with Crippen molar-refractivity contribution in [3.05, 3.63) is 23.8 Å². The molecule has 0 aromatic heterocycles. The molecule has 1 unspecified atom stereocenters. The van der Waals surface area contributed by atoms with Gasteiger partial charge in [-0.25, -0.2) is 4.79 Å². The molecule has 3 heteroatoms. The quantitative estimate of drug-likeness (QED) is 0.370. The molecule has 0 aliphatic rings. The van der Waals surface area contributed by atoms with Crippen molar-refractivity contribution in [1.29, 1.82) is 0 Å². The maximum absolute atomic E-state index is 11.0. The molecule has 110 valence electrons. The molecule has 0 N–H and O–H groups in total. The Hall–Kier alpha value is -0.700. The van der Waals surface area contributed by atoms with Gasteiger partial charge in [0, 0.05) is 10.8 Å². The van der Waals surface area contributed by atoms with Crippen LogP contribution in [0, 0.1) is 5.92 Å². The van der Waals surface area contributed by atoms with Crippen LogP contribution < -0.4 is 0 Å². The first-order valence-electron chi connectivity index (χ1n) is 6.78. The monoisotopic (exact) mass is 284 g/mol. The second-order valence-corrected chi connectivity index (χ2v) is 7.17. The Labute approximate surface area is 122 Å². The third-order valence-corrected chi connectivity index (χ3v) is 4.57. The van der Waals surface area contributed by atoms with Crippen molar-refractivity contribution in [3.8, 4) is 0 Å². The predicted octanol–water partition coefficient (Wildman–Crippen LogP) is 4.61. The van der Waals surface area contributed by atoms with Gasteiger partial charge < -0.3 is 4.74 Å². The lowest BCUT2D eigenvalue weighted by atomic mass is 9.96. The fourth-order valence-corrected chi connectivity index (χ4v) is 1.92. The number of carbonyl (C=O) groups is 1. The van der Waals surface area contributed by atoms with E-state index in [9.17, 15) is 4.79 Å². The molecule has 19 heavy (non-hydrogen) atoms. The molecule has 0 amide bonds. The molecule has 0 rings (SSSR count). The second kappa shape index (κ2) is 9.24. The van der Waals surface area contributed by atoms with Crippen molar-refractivity contribution in [2.75, 3.05) is 13.4 Å². The molecule has 0 fully saturated rings. The molecule has 0 heterocycles. The van der Waals surface area contributed by atoms with E-state index in [2.05, 4.69) is 37.8 Å². The molecular weight excluding hydrogens is 256 g/mol. The van der Waals surface area contributed by atoms with E-state index in [1.807, 2.05) is 24.8 Å². The van der Waals surface area contributed by atoms with Crippen LogP contribution in [0.3, 0.4) is 0 Å². The van der Waals surface area contributed by atoms with Gasteiger partial charge in [0.2, 0.25) is 0 Å². The highest BCUT2D eigenvalue weighted by Crippen LogP contribution is 2.29. The highest BCUT2D eigenvalue weighted by molar-refractivity contribution is 7.99. The summed E-state index contributed by atoms with van der Waals surface area (Å²) in [6, 6.07) is 0. The van der Waals surface area contributed by atoms with Crippen LogP contribution in [0.1, 0.15) is 47.0 Å². The molecule has 0 saturated carbocycles. The number of rotatable bonds is 8. The molecule has 0 spiro atoms. The van der Waals surface area contributed by atoms with Gasteiger partial charge >= 0.3 is 5.97 Å². The first-order valence-corrected chi connectivity index (χ1v) is 8.01. The number of thioether (sulfide) groups is 1. The lowest BCUT2D eigenvalue weighted by molar-refractivity contribution is -0.134. The first kappa shape index (κ1) is 18.3. The number of carbonyl (C=O) groups excluding carboxylic acids is 1. The fraction of sp³-hybridized carbons (Fsp3) is 0.688. The highest BCUT2D eigenvalue weighted by Gasteiger charge is 2.16. The van der Waals surface area contributed by atoms with Crippen molar-refractivity contribution in [1.82, 2.24) is 0 Å². The van der Waals surface area contributed by atoms with E-state index in [4.69, 9.17) is 0 Å². The summed E-state index contributed by atoms with van der Waals surface area (Å²) < 4.78 is 4.96. The van der Waals surface area contributed by atoms with E-state index in [0.29, 0.717) is 10.7 Å². The SMILES string of the molecule is COC(=O)C=C(C)C=CCC(C)CCC(C)(C)SC. The van der Waals surface area contributed by atoms with Gasteiger partial charge in [0.1, 0.15) is 0 Å². The highest BCUT2D eigenvalue weighted by atomic mass is 32.2. The van der Waals surface area contributed by atoms with Gasteiger partial charge in [-0.1, -0.05) is 32.9 Å². The van der Waals surface area contributed by atoms with E-state index < -0.39 is 0 Å². The molecule has 0 aliphatic carbocycles. The number of ether oxygens (including phenoxy) is 1. The van der Waals surface area contributed by atoms with Crippen LogP contribution in [0.15, 0.2) is 23.8 Å². The van der Waals surface area contributed by atoms with E-state index in [0.717, 1.165) is 12.0 Å². The molecule has 1 atom stereocenters. The van der Waals surface area contributed by atoms with Gasteiger partial charge in [-0.15, -0.1) is 0 Å². The molecule has 0 saturated heterocycles. The number of methoxy groups -OCH3 is 1. The predicted molar refractivity (Wildman–Crippen MR) is 85.5 cm³/mol. The van der Waals surface area contributed by atoms with Gasteiger partial charge in [-0.3, -0.25) is 0 Å². The normalized spacial score (nSPS) is 14.7. The average Bonchev–Trinajstić information content (AvgIpc) is 2.36.